The molecule has 0 atom stereocenters. The van der Waals surface area contributed by atoms with Crippen LogP contribution in [-0.4, -0.2) is 9.97 Å². The molecule has 2 N–H and O–H groups in total. The van der Waals surface area contributed by atoms with Crippen molar-refractivity contribution in [3.63, 3.8) is 0 Å². The summed E-state index contributed by atoms with van der Waals surface area (Å²) < 4.78 is 0. The summed E-state index contributed by atoms with van der Waals surface area (Å²) in [5, 5.41) is 1.78. The van der Waals surface area contributed by atoms with Gasteiger partial charge in [-0.3, -0.25) is 0 Å². The van der Waals surface area contributed by atoms with Crippen LogP contribution >= 0.6 is 22.7 Å². The summed E-state index contributed by atoms with van der Waals surface area (Å²) in [6, 6.07) is 5.95. The van der Waals surface area contributed by atoms with Gasteiger partial charge in [0, 0.05) is 16.6 Å². The molecule has 0 saturated carbocycles. The van der Waals surface area contributed by atoms with E-state index in [0.717, 1.165) is 25.9 Å². The molecule has 0 unspecified atom stereocenters. The van der Waals surface area contributed by atoms with Gasteiger partial charge >= 0.3 is 0 Å². The van der Waals surface area contributed by atoms with E-state index in [9.17, 15) is 0 Å². The van der Waals surface area contributed by atoms with E-state index < -0.39 is 0 Å². The maximum Gasteiger partial charge on any atom is 0.143 e. The second-order valence-corrected chi connectivity index (χ2v) is 5.75. The van der Waals surface area contributed by atoms with Crippen LogP contribution < -0.4 is 5.73 Å². The number of aromatic nitrogens is 2. The molecule has 0 aliphatic carbocycles. The number of rotatable bonds is 1. The molecular formula is C11H9N3S2. The normalized spacial score (nSPS) is 11.1. The van der Waals surface area contributed by atoms with Gasteiger partial charge in [0.2, 0.25) is 0 Å². The summed E-state index contributed by atoms with van der Waals surface area (Å²) in [5.41, 5.74) is 7.93. The number of nitrogens with two attached hydrogens (primary N) is 1. The van der Waals surface area contributed by atoms with Gasteiger partial charge in [0.05, 0.1) is 5.00 Å². The number of thiazole rings is 1. The predicted molar refractivity (Wildman–Crippen MR) is 69.9 cm³/mol. The number of pyridine rings is 1. The van der Waals surface area contributed by atoms with Crippen LogP contribution in [0.4, 0.5) is 5.00 Å². The number of thiophene rings is 1. The molecule has 0 saturated heterocycles. The lowest BCUT2D eigenvalue weighted by atomic mass is 10.3. The van der Waals surface area contributed by atoms with Crippen molar-refractivity contribution in [1.82, 2.24) is 9.97 Å². The fourth-order valence-corrected chi connectivity index (χ4v) is 3.38. The summed E-state index contributed by atoms with van der Waals surface area (Å²) >= 11 is 3.18. The fraction of sp³-hybridized carbons (Fsp3) is 0.0909. The third-order valence-corrected chi connectivity index (χ3v) is 4.17. The average molecular weight is 247 g/mol. The lowest BCUT2D eigenvalue weighted by Gasteiger charge is -1.90. The van der Waals surface area contributed by atoms with Gasteiger partial charge in [-0.25, -0.2) is 9.97 Å². The Kier molecular flexibility index (Phi) is 2.15. The van der Waals surface area contributed by atoms with Crippen molar-refractivity contribution in [2.24, 2.45) is 0 Å². The van der Waals surface area contributed by atoms with E-state index in [1.54, 1.807) is 28.9 Å². The highest BCUT2D eigenvalue weighted by molar-refractivity contribution is 7.22. The zero-order valence-corrected chi connectivity index (χ0v) is 10.2. The molecule has 0 amide bonds. The molecule has 0 aromatic carbocycles. The highest BCUT2D eigenvalue weighted by Crippen LogP contribution is 2.37. The number of hydrogen-bond acceptors (Lipinski definition) is 5. The maximum absolute atomic E-state index is 5.96. The quantitative estimate of drug-likeness (QED) is 0.717. The standard InChI is InChI=1S/C11H9N3S2/c1-6-5-7(9(12)15-6)10-14-8-3-2-4-13-11(8)16-10/h2-5H,12H2,1H3. The Balaban J connectivity index is 2.22. The van der Waals surface area contributed by atoms with Crippen molar-refractivity contribution in [3.8, 4) is 10.6 Å². The molecule has 3 heterocycles. The summed E-state index contributed by atoms with van der Waals surface area (Å²) in [6.45, 7) is 2.05. The molecule has 3 rings (SSSR count). The first-order chi connectivity index (χ1) is 7.74. The molecule has 0 radical (unpaired) electrons. The Morgan fingerprint density at radius 2 is 2.19 bits per heavy atom. The van der Waals surface area contributed by atoms with Gasteiger partial charge in [0.15, 0.2) is 0 Å². The van der Waals surface area contributed by atoms with Crippen molar-refractivity contribution in [1.29, 1.82) is 0 Å². The monoisotopic (exact) mass is 247 g/mol. The SMILES string of the molecule is Cc1cc(-c2nc3cccnc3s2)c(N)s1. The molecule has 0 aliphatic rings. The molecule has 0 spiro atoms. The zero-order valence-electron chi connectivity index (χ0n) is 8.60. The third-order valence-electron chi connectivity index (χ3n) is 2.28. The van der Waals surface area contributed by atoms with Crippen molar-refractivity contribution >= 4 is 38.0 Å². The first-order valence-corrected chi connectivity index (χ1v) is 6.45. The molecule has 3 nitrogen and oxygen atoms in total. The Labute approximate surface area is 101 Å². The predicted octanol–water partition coefficient (Wildman–Crippen LogP) is 3.31. The number of anilines is 1. The number of hydrogen-bond donors (Lipinski definition) is 1. The molecule has 16 heavy (non-hydrogen) atoms. The van der Waals surface area contributed by atoms with Gasteiger partial charge in [-0.1, -0.05) is 11.3 Å². The molecule has 5 heteroatoms. The Morgan fingerprint density at radius 1 is 1.31 bits per heavy atom. The average Bonchev–Trinajstić information content (AvgIpc) is 2.81. The first kappa shape index (κ1) is 9.74. The van der Waals surface area contributed by atoms with E-state index in [2.05, 4.69) is 23.0 Å². The van der Waals surface area contributed by atoms with Crippen LogP contribution in [0.5, 0.6) is 0 Å². The van der Waals surface area contributed by atoms with Crippen LogP contribution in [0, 0.1) is 6.92 Å². The van der Waals surface area contributed by atoms with Crippen LogP contribution in [0.15, 0.2) is 24.4 Å². The van der Waals surface area contributed by atoms with Crippen LogP contribution in [0.25, 0.3) is 20.9 Å². The van der Waals surface area contributed by atoms with E-state index >= 15 is 0 Å². The third kappa shape index (κ3) is 1.48. The van der Waals surface area contributed by atoms with Crippen LogP contribution in [0.2, 0.25) is 0 Å². The van der Waals surface area contributed by atoms with Gasteiger partial charge in [-0.2, -0.15) is 0 Å². The largest absolute Gasteiger partial charge is 0.390 e. The number of nitrogens with zero attached hydrogens (tertiary/aromatic N) is 2. The van der Waals surface area contributed by atoms with Gasteiger partial charge in [0.1, 0.15) is 15.4 Å². The second-order valence-electron chi connectivity index (χ2n) is 3.48. The minimum Gasteiger partial charge on any atom is -0.390 e. The van der Waals surface area contributed by atoms with Crippen molar-refractivity contribution in [3.05, 3.63) is 29.3 Å². The molecule has 0 aliphatic heterocycles. The summed E-state index contributed by atoms with van der Waals surface area (Å²) in [6.07, 6.45) is 1.78. The highest BCUT2D eigenvalue weighted by atomic mass is 32.1. The van der Waals surface area contributed by atoms with Crippen LogP contribution in [0.1, 0.15) is 4.88 Å². The van der Waals surface area contributed by atoms with Gasteiger partial charge in [-0.15, -0.1) is 11.3 Å². The van der Waals surface area contributed by atoms with E-state index in [4.69, 9.17) is 5.73 Å². The molecule has 3 aromatic heterocycles. The van der Waals surface area contributed by atoms with Gasteiger partial charge in [-0.05, 0) is 25.1 Å². The van der Waals surface area contributed by atoms with Crippen molar-refractivity contribution < 1.29 is 0 Å². The topological polar surface area (TPSA) is 51.8 Å². The van der Waals surface area contributed by atoms with E-state index in [1.165, 1.54) is 4.88 Å². The highest BCUT2D eigenvalue weighted by Gasteiger charge is 2.11. The second kappa shape index (κ2) is 3.54. The lowest BCUT2D eigenvalue weighted by molar-refractivity contribution is 1.41. The zero-order chi connectivity index (χ0) is 11.1. The Bertz CT molecular complexity index is 621. The molecule has 0 bridgehead atoms. The molecule has 0 fully saturated rings. The molecule has 3 aromatic rings. The molecular weight excluding hydrogens is 238 g/mol. The fourth-order valence-electron chi connectivity index (χ4n) is 1.58. The lowest BCUT2D eigenvalue weighted by Crippen LogP contribution is -1.81. The molecule has 80 valence electrons. The van der Waals surface area contributed by atoms with Crippen LogP contribution in [0.3, 0.4) is 0 Å². The van der Waals surface area contributed by atoms with Gasteiger partial charge in [0.25, 0.3) is 0 Å². The number of nitrogen functional groups attached to an aromatic ring is 1. The minimum atomic E-state index is 0.830. The Morgan fingerprint density at radius 3 is 2.88 bits per heavy atom. The maximum atomic E-state index is 5.96. The van der Waals surface area contributed by atoms with E-state index in [1.807, 2.05) is 12.1 Å². The smallest absolute Gasteiger partial charge is 0.143 e. The van der Waals surface area contributed by atoms with E-state index in [0.29, 0.717) is 0 Å². The van der Waals surface area contributed by atoms with Crippen molar-refractivity contribution in [2.45, 2.75) is 6.92 Å². The Hall–Kier alpha value is -1.46. The summed E-state index contributed by atoms with van der Waals surface area (Å²) in [4.78, 5) is 11.0. The van der Waals surface area contributed by atoms with Crippen LogP contribution in [-0.2, 0) is 0 Å². The van der Waals surface area contributed by atoms with Crippen molar-refractivity contribution in [2.75, 3.05) is 5.73 Å². The first-order valence-electron chi connectivity index (χ1n) is 4.82. The number of aryl methyl sites for hydroxylation is 1. The summed E-state index contributed by atoms with van der Waals surface area (Å²) in [5.74, 6) is 0. The van der Waals surface area contributed by atoms with Gasteiger partial charge < -0.3 is 5.73 Å². The van der Waals surface area contributed by atoms with E-state index in [-0.39, 0.29) is 0 Å². The summed E-state index contributed by atoms with van der Waals surface area (Å²) in [7, 11) is 0. The number of fused-ring (bicyclic) bond motifs is 1. The minimum absolute atomic E-state index is 0.830.